The minimum absolute atomic E-state index is 0.0599. The second kappa shape index (κ2) is 7.67. The van der Waals surface area contributed by atoms with E-state index in [-0.39, 0.29) is 36.8 Å². The summed E-state index contributed by atoms with van der Waals surface area (Å²) >= 11 is 0. The number of carbonyl (C=O) groups is 1. The van der Waals surface area contributed by atoms with Crippen LogP contribution in [0.25, 0.3) is 0 Å². The van der Waals surface area contributed by atoms with Gasteiger partial charge in [-0.15, -0.1) is 0 Å². The fraction of sp³-hybridized carbons (Fsp3) is 0.632. The van der Waals surface area contributed by atoms with Crippen molar-refractivity contribution in [3.63, 3.8) is 0 Å². The lowest BCUT2D eigenvalue weighted by atomic mass is 10.1. The summed E-state index contributed by atoms with van der Waals surface area (Å²) in [5, 5.41) is 2.91. The van der Waals surface area contributed by atoms with Crippen LogP contribution in [-0.4, -0.2) is 56.2 Å². The van der Waals surface area contributed by atoms with Crippen LogP contribution in [0.4, 0.5) is 0 Å². The van der Waals surface area contributed by atoms with Crippen molar-refractivity contribution in [2.45, 2.75) is 50.7 Å². The van der Waals surface area contributed by atoms with Crippen molar-refractivity contribution < 1.29 is 22.7 Å². The van der Waals surface area contributed by atoms with E-state index >= 15 is 0 Å². The fourth-order valence-electron chi connectivity index (χ4n) is 4.22. The van der Waals surface area contributed by atoms with Crippen LogP contribution in [-0.2, 0) is 21.2 Å². The predicted octanol–water partition coefficient (Wildman–Crippen LogP) is 1.46. The largest absolute Gasteiger partial charge is 0.454 e. The molecular weight excluding hydrogens is 368 g/mol. The van der Waals surface area contributed by atoms with Crippen LogP contribution in [0, 0.1) is 0 Å². The SMILES string of the molecule is O=C(CN(Cc1ccc2c(c1)OCO2)C1CCCC1)NC1CCS(=O)(=O)C1. The van der Waals surface area contributed by atoms with Crippen LogP contribution in [0.1, 0.15) is 37.7 Å². The van der Waals surface area contributed by atoms with Gasteiger partial charge in [0, 0.05) is 18.6 Å². The van der Waals surface area contributed by atoms with Gasteiger partial charge in [0.25, 0.3) is 0 Å². The van der Waals surface area contributed by atoms with Gasteiger partial charge < -0.3 is 14.8 Å². The number of benzene rings is 1. The Bertz CT molecular complexity index is 804. The molecule has 2 fully saturated rings. The van der Waals surface area contributed by atoms with E-state index in [4.69, 9.17) is 9.47 Å². The van der Waals surface area contributed by atoms with Crippen molar-refractivity contribution in [3.05, 3.63) is 23.8 Å². The quantitative estimate of drug-likeness (QED) is 0.786. The molecule has 4 rings (SSSR count). The zero-order valence-corrected chi connectivity index (χ0v) is 16.2. The maximum atomic E-state index is 12.6. The third kappa shape index (κ3) is 4.55. The monoisotopic (exact) mass is 394 g/mol. The molecule has 0 bridgehead atoms. The van der Waals surface area contributed by atoms with E-state index in [1.54, 1.807) is 0 Å². The molecule has 1 aromatic carbocycles. The van der Waals surface area contributed by atoms with Gasteiger partial charge in [0.15, 0.2) is 21.3 Å². The topological polar surface area (TPSA) is 84.9 Å². The summed E-state index contributed by atoms with van der Waals surface area (Å²) in [5.74, 6) is 1.64. The lowest BCUT2D eigenvalue weighted by molar-refractivity contribution is -0.123. The summed E-state index contributed by atoms with van der Waals surface area (Å²) in [6.45, 7) is 1.20. The summed E-state index contributed by atoms with van der Waals surface area (Å²) < 4.78 is 34.0. The number of hydrogen-bond acceptors (Lipinski definition) is 6. The molecule has 0 spiro atoms. The highest BCUT2D eigenvalue weighted by Gasteiger charge is 2.30. The molecule has 1 saturated carbocycles. The van der Waals surface area contributed by atoms with Crippen molar-refractivity contribution in [3.8, 4) is 11.5 Å². The number of fused-ring (bicyclic) bond motifs is 1. The summed E-state index contributed by atoms with van der Waals surface area (Å²) in [5.41, 5.74) is 1.09. The maximum Gasteiger partial charge on any atom is 0.234 e. The Hall–Kier alpha value is -1.80. The molecule has 2 heterocycles. The highest BCUT2D eigenvalue weighted by atomic mass is 32.2. The summed E-state index contributed by atoms with van der Waals surface area (Å²) in [6, 6.07) is 6.03. The second-order valence-electron chi connectivity index (χ2n) is 7.70. The van der Waals surface area contributed by atoms with E-state index in [0.29, 0.717) is 19.0 Å². The second-order valence-corrected chi connectivity index (χ2v) is 9.93. The van der Waals surface area contributed by atoms with Gasteiger partial charge in [0.05, 0.1) is 18.1 Å². The van der Waals surface area contributed by atoms with Gasteiger partial charge >= 0.3 is 0 Å². The van der Waals surface area contributed by atoms with Gasteiger partial charge in [0.1, 0.15) is 0 Å². The van der Waals surface area contributed by atoms with Crippen molar-refractivity contribution in [2.24, 2.45) is 0 Å². The van der Waals surface area contributed by atoms with Gasteiger partial charge in [-0.25, -0.2) is 8.42 Å². The van der Waals surface area contributed by atoms with Crippen molar-refractivity contribution in [1.29, 1.82) is 0 Å². The van der Waals surface area contributed by atoms with Crippen LogP contribution in [0.15, 0.2) is 18.2 Å². The standard InChI is InChI=1S/C19H26N2O5S/c22-19(20-15-7-8-27(23,24)12-15)11-21(16-3-1-2-4-16)10-14-5-6-17-18(9-14)26-13-25-17/h5-6,9,15-16H,1-4,7-8,10-13H2,(H,20,22). The number of rotatable bonds is 6. The van der Waals surface area contributed by atoms with Crippen LogP contribution in [0.3, 0.4) is 0 Å². The Morgan fingerprint density at radius 1 is 1.15 bits per heavy atom. The van der Waals surface area contributed by atoms with Crippen LogP contribution >= 0.6 is 0 Å². The number of nitrogens with one attached hydrogen (secondary N) is 1. The van der Waals surface area contributed by atoms with Crippen molar-refractivity contribution in [1.82, 2.24) is 10.2 Å². The normalized spacial score (nSPS) is 23.8. The Morgan fingerprint density at radius 2 is 1.93 bits per heavy atom. The third-order valence-electron chi connectivity index (χ3n) is 5.61. The smallest absolute Gasteiger partial charge is 0.234 e. The molecule has 3 aliphatic rings. The average Bonchev–Trinajstić information content (AvgIpc) is 3.34. The maximum absolute atomic E-state index is 12.6. The molecule has 0 aromatic heterocycles. The fourth-order valence-corrected chi connectivity index (χ4v) is 5.90. The molecule has 1 atom stereocenters. The first-order chi connectivity index (χ1) is 13.0. The van der Waals surface area contributed by atoms with Gasteiger partial charge in [-0.1, -0.05) is 18.9 Å². The van der Waals surface area contributed by atoms with E-state index in [2.05, 4.69) is 10.2 Å². The van der Waals surface area contributed by atoms with Crippen LogP contribution in [0.5, 0.6) is 11.5 Å². The molecule has 8 heteroatoms. The van der Waals surface area contributed by atoms with Gasteiger partial charge in [-0.2, -0.15) is 0 Å². The molecule has 2 aliphatic heterocycles. The predicted molar refractivity (Wildman–Crippen MR) is 100 cm³/mol. The Kier molecular flexibility index (Phi) is 5.27. The number of hydrogen-bond donors (Lipinski definition) is 1. The molecular formula is C19H26N2O5S. The van der Waals surface area contributed by atoms with Crippen molar-refractivity contribution >= 4 is 15.7 Å². The molecule has 1 N–H and O–H groups in total. The molecule has 0 radical (unpaired) electrons. The third-order valence-corrected chi connectivity index (χ3v) is 7.38. The molecule has 148 valence electrons. The van der Waals surface area contributed by atoms with E-state index in [1.807, 2.05) is 18.2 Å². The first kappa shape index (κ1) is 18.6. The summed E-state index contributed by atoms with van der Waals surface area (Å²) in [4.78, 5) is 14.8. The summed E-state index contributed by atoms with van der Waals surface area (Å²) in [6.07, 6.45) is 5.07. The molecule has 7 nitrogen and oxygen atoms in total. The summed E-state index contributed by atoms with van der Waals surface area (Å²) in [7, 11) is -2.99. The molecule has 1 saturated heterocycles. The minimum atomic E-state index is -2.99. The highest BCUT2D eigenvalue weighted by molar-refractivity contribution is 7.91. The molecule has 1 unspecified atom stereocenters. The first-order valence-corrected chi connectivity index (χ1v) is 11.4. The Labute approximate surface area is 159 Å². The zero-order chi connectivity index (χ0) is 18.9. The number of amides is 1. The zero-order valence-electron chi connectivity index (χ0n) is 15.4. The number of ether oxygens (including phenoxy) is 2. The molecule has 27 heavy (non-hydrogen) atoms. The van der Waals surface area contributed by atoms with E-state index < -0.39 is 9.84 Å². The van der Waals surface area contributed by atoms with E-state index in [9.17, 15) is 13.2 Å². The molecule has 1 amide bonds. The average molecular weight is 394 g/mol. The van der Waals surface area contributed by atoms with Crippen LogP contribution < -0.4 is 14.8 Å². The number of carbonyl (C=O) groups excluding carboxylic acids is 1. The number of sulfone groups is 1. The van der Waals surface area contributed by atoms with E-state index in [1.165, 1.54) is 12.8 Å². The lowest BCUT2D eigenvalue weighted by Gasteiger charge is -2.29. The Balaban J connectivity index is 1.41. The van der Waals surface area contributed by atoms with Gasteiger partial charge in [-0.3, -0.25) is 9.69 Å². The van der Waals surface area contributed by atoms with E-state index in [0.717, 1.165) is 29.9 Å². The molecule has 1 aromatic rings. The highest BCUT2D eigenvalue weighted by Crippen LogP contribution is 2.33. The molecule has 1 aliphatic carbocycles. The first-order valence-electron chi connectivity index (χ1n) is 9.61. The lowest BCUT2D eigenvalue weighted by Crippen LogP contribution is -2.45. The minimum Gasteiger partial charge on any atom is -0.454 e. The number of nitrogens with zero attached hydrogens (tertiary/aromatic N) is 1. The van der Waals surface area contributed by atoms with Gasteiger partial charge in [-0.05, 0) is 37.0 Å². The van der Waals surface area contributed by atoms with Crippen LogP contribution in [0.2, 0.25) is 0 Å². The van der Waals surface area contributed by atoms with Crippen molar-refractivity contribution in [2.75, 3.05) is 24.8 Å². The van der Waals surface area contributed by atoms with Gasteiger partial charge in [0.2, 0.25) is 12.7 Å². The Morgan fingerprint density at radius 3 is 2.67 bits per heavy atom.